The predicted molar refractivity (Wildman–Crippen MR) is 135 cm³/mol. The number of amides is 2. The highest BCUT2D eigenvalue weighted by molar-refractivity contribution is 5.74. The number of carboxylic acid groups (broad SMARTS) is 1. The van der Waals surface area contributed by atoms with E-state index in [1.807, 2.05) is 47.5 Å². The molecule has 1 spiro atoms. The SMILES string of the molecule is CN1CCn2c(-c3cccc(F)c3)cnc2C12CCN(C(=O)NCc1ccccc1)CC2.O=C(O)C(F)(F)F. The van der Waals surface area contributed by atoms with Gasteiger partial charge >= 0.3 is 18.2 Å². The Balaban J connectivity index is 0.000000448. The van der Waals surface area contributed by atoms with Crippen LogP contribution in [-0.4, -0.2) is 69.3 Å². The van der Waals surface area contributed by atoms with Crippen molar-refractivity contribution < 1.29 is 32.3 Å². The van der Waals surface area contributed by atoms with Crippen molar-refractivity contribution in [2.75, 3.05) is 26.7 Å². The first-order chi connectivity index (χ1) is 18.5. The van der Waals surface area contributed by atoms with Gasteiger partial charge in [-0.2, -0.15) is 13.2 Å². The number of carbonyl (C=O) groups excluding carboxylic acids is 1. The molecule has 3 heterocycles. The Morgan fingerprint density at radius 3 is 2.31 bits per heavy atom. The van der Waals surface area contributed by atoms with Gasteiger partial charge in [0, 0.05) is 38.3 Å². The lowest BCUT2D eigenvalue weighted by atomic mass is 9.83. The number of nitrogens with one attached hydrogen (secondary N) is 1. The Hall–Kier alpha value is -3.93. The maximum atomic E-state index is 13.8. The van der Waals surface area contributed by atoms with Crippen molar-refractivity contribution in [2.45, 2.75) is 37.6 Å². The number of halogens is 4. The van der Waals surface area contributed by atoms with E-state index in [-0.39, 0.29) is 17.4 Å². The number of rotatable bonds is 3. The van der Waals surface area contributed by atoms with Crippen LogP contribution in [0.4, 0.5) is 22.4 Å². The molecule has 2 aliphatic rings. The first-order valence-electron chi connectivity index (χ1n) is 12.4. The fourth-order valence-electron chi connectivity index (χ4n) is 5.06. The van der Waals surface area contributed by atoms with Gasteiger partial charge in [0.15, 0.2) is 0 Å². The summed E-state index contributed by atoms with van der Waals surface area (Å²) in [7, 11) is 2.14. The molecule has 0 unspecified atom stereocenters. The number of alkyl halides is 3. The Bertz CT molecular complexity index is 1300. The van der Waals surface area contributed by atoms with Crippen molar-refractivity contribution in [3.8, 4) is 11.3 Å². The number of hydrogen-bond donors (Lipinski definition) is 2. The highest BCUT2D eigenvalue weighted by Crippen LogP contribution is 2.41. The molecule has 1 aromatic heterocycles. The Kier molecular flexibility index (Phi) is 8.24. The number of urea groups is 1. The third-order valence-corrected chi connectivity index (χ3v) is 7.19. The molecular formula is C27H29F4N5O3. The summed E-state index contributed by atoms with van der Waals surface area (Å²) in [6.07, 6.45) is -1.58. The van der Waals surface area contributed by atoms with E-state index in [2.05, 4.69) is 21.8 Å². The molecule has 2 N–H and O–H groups in total. The van der Waals surface area contributed by atoms with E-state index in [1.165, 1.54) is 6.07 Å². The van der Waals surface area contributed by atoms with Crippen LogP contribution in [0.25, 0.3) is 11.3 Å². The van der Waals surface area contributed by atoms with Crippen molar-refractivity contribution in [1.82, 2.24) is 24.7 Å². The molecule has 2 aromatic carbocycles. The summed E-state index contributed by atoms with van der Waals surface area (Å²) < 4.78 is 47.8. The summed E-state index contributed by atoms with van der Waals surface area (Å²) in [5, 5.41) is 10.2. The normalized spacial score (nSPS) is 16.7. The van der Waals surface area contributed by atoms with Gasteiger partial charge in [-0.1, -0.05) is 42.5 Å². The van der Waals surface area contributed by atoms with Crippen LogP contribution in [0.3, 0.4) is 0 Å². The van der Waals surface area contributed by atoms with Gasteiger partial charge in [-0.3, -0.25) is 4.90 Å². The molecular weight excluding hydrogens is 518 g/mol. The fraction of sp³-hybridized carbons (Fsp3) is 0.370. The van der Waals surface area contributed by atoms with Crippen LogP contribution in [0.15, 0.2) is 60.8 Å². The van der Waals surface area contributed by atoms with Gasteiger partial charge in [-0.15, -0.1) is 0 Å². The van der Waals surface area contributed by atoms with Crippen LogP contribution in [0.1, 0.15) is 24.2 Å². The zero-order valence-electron chi connectivity index (χ0n) is 21.3. The molecule has 8 nitrogen and oxygen atoms in total. The third-order valence-electron chi connectivity index (χ3n) is 7.19. The second-order valence-electron chi connectivity index (χ2n) is 9.52. The number of nitrogens with zero attached hydrogens (tertiary/aromatic N) is 4. The van der Waals surface area contributed by atoms with E-state index in [0.29, 0.717) is 19.6 Å². The van der Waals surface area contributed by atoms with Crippen molar-refractivity contribution >= 4 is 12.0 Å². The third kappa shape index (κ3) is 6.22. The minimum Gasteiger partial charge on any atom is -0.475 e. The molecule has 3 aromatic rings. The molecule has 1 saturated heterocycles. The molecule has 208 valence electrons. The van der Waals surface area contributed by atoms with Gasteiger partial charge in [0.2, 0.25) is 0 Å². The number of likely N-dealkylation sites (tertiary alicyclic amines) is 1. The van der Waals surface area contributed by atoms with Gasteiger partial charge in [-0.25, -0.2) is 19.0 Å². The maximum Gasteiger partial charge on any atom is 0.490 e. The van der Waals surface area contributed by atoms with Crippen LogP contribution < -0.4 is 5.32 Å². The number of carboxylic acids is 1. The van der Waals surface area contributed by atoms with E-state index in [4.69, 9.17) is 14.9 Å². The number of imidazole rings is 1. The molecule has 39 heavy (non-hydrogen) atoms. The van der Waals surface area contributed by atoms with Crippen molar-refractivity contribution in [1.29, 1.82) is 0 Å². The van der Waals surface area contributed by atoms with Gasteiger partial charge in [-0.05, 0) is 37.6 Å². The smallest absolute Gasteiger partial charge is 0.475 e. The Morgan fingerprint density at radius 2 is 1.69 bits per heavy atom. The summed E-state index contributed by atoms with van der Waals surface area (Å²) in [4.78, 5) is 30.7. The van der Waals surface area contributed by atoms with E-state index in [9.17, 15) is 22.4 Å². The number of benzene rings is 2. The summed E-state index contributed by atoms with van der Waals surface area (Å²) >= 11 is 0. The zero-order chi connectivity index (χ0) is 28.2. The minimum absolute atomic E-state index is 0.0223. The zero-order valence-corrected chi connectivity index (χ0v) is 21.3. The highest BCUT2D eigenvalue weighted by Gasteiger charge is 2.46. The molecule has 0 radical (unpaired) electrons. The molecule has 0 bridgehead atoms. The number of piperidine rings is 1. The number of aliphatic carboxylic acids is 1. The molecule has 1 fully saturated rings. The Morgan fingerprint density at radius 1 is 1.03 bits per heavy atom. The maximum absolute atomic E-state index is 13.8. The minimum atomic E-state index is -5.08. The molecule has 0 aliphatic carbocycles. The quantitative estimate of drug-likeness (QED) is 0.473. The summed E-state index contributed by atoms with van der Waals surface area (Å²) in [6, 6.07) is 16.6. The van der Waals surface area contributed by atoms with Gasteiger partial charge in [0.1, 0.15) is 11.6 Å². The topological polar surface area (TPSA) is 90.7 Å². The van der Waals surface area contributed by atoms with Gasteiger partial charge in [0.05, 0.1) is 17.4 Å². The number of hydrogen-bond acceptors (Lipinski definition) is 4. The summed E-state index contributed by atoms with van der Waals surface area (Å²) in [6.45, 7) is 3.59. The second-order valence-corrected chi connectivity index (χ2v) is 9.52. The first-order valence-corrected chi connectivity index (χ1v) is 12.4. The summed E-state index contributed by atoms with van der Waals surface area (Å²) in [5.74, 6) is -1.97. The lowest BCUT2D eigenvalue weighted by molar-refractivity contribution is -0.192. The second kappa shape index (κ2) is 11.4. The van der Waals surface area contributed by atoms with E-state index in [0.717, 1.165) is 48.6 Å². The van der Waals surface area contributed by atoms with Crippen LogP contribution in [0, 0.1) is 5.82 Å². The van der Waals surface area contributed by atoms with Crippen LogP contribution >= 0.6 is 0 Å². The predicted octanol–water partition coefficient (Wildman–Crippen LogP) is 4.47. The van der Waals surface area contributed by atoms with Crippen molar-refractivity contribution in [2.24, 2.45) is 0 Å². The average Bonchev–Trinajstić information content (AvgIpc) is 3.36. The highest BCUT2D eigenvalue weighted by atomic mass is 19.4. The van der Waals surface area contributed by atoms with E-state index < -0.39 is 12.1 Å². The van der Waals surface area contributed by atoms with Gasteiger partial charge < -0.3 is 19.9 Å². The molecule has 0 atom stereocenters. The fourth-order valence-corrected chi connectivity index (χ4v) is 5.06. The number of fused-ring (bicyclic) bond motifs is 2. The number of aromatic nitrogens is 2. The van der Waals surface area contributed by atoms with Crippen molar-refractivity contribution in [3.05, 3.63) is 78.0 Å². The first kappa shape index (κ1) is 28.1. The lowest BCUT2D eigenvalue weighted by Crippen LogP contribution is -2.57. The van der Waals surface area contributed by atoms with Crippen LogP contribution in [-0.2, 0) is 23.4 Å². The van der Waals surface area contributed by atoms with Gasteiger partial charge in [0.25, 0.3) is 0 Å². The van der Waals surface area contributed by atoms with Crippen LogP contribution in [0.5, 0.6) is 0 Å². The number of likely N-dealkylation sites (N-methyl/N-ethyl adjacent to an activating group) is 1. The molecule has 2 amide bonds. The van der Waals surface area contributed by atoms with E-state index >= 15 is 0 Å². The molecule has 0 saturated carbocycles. The summed E-state index contributed by atoms with van der Waals surface area (Å²) in [5.41, 5.74) is 2.68. The monoisotopic (exact) mass is 547 g/mol. The van der Waals surface area contributed by atoms with Crippen LogP contribution in [0.2, 0.25) is 0 Å². The standard InChI is InChI=1S/C25H28FN5O.C2HF3O2/c1-29-14-15-31-22(20-8-5-9-21(26)16-20)18-27-23(31)25(29)10-12-30(13-11-25)24(32)28-17-19-6-3-2-4-7-19;3-2(4,5)1(6)7/h2-9,16,18H,10-15,17H2,1H3,(H,28,32);(H,6,7). The molecule has 12 heteroatoms. The molecule has 5 rings (SSSR count). The molecule has 2 aliphatic heterocycles. The number of carbonyl (C=O) groups is 2. The average molecular weight is 548 g/mol. The largest absolute Gasteiger partial charge is 0.490 e. The lowest BCUT2D eigenvalue weighted by Gasteiger charge is -2.49. The van der Waals surface area contributed by atoms with Crippen molar-refractivity contribution in [3.63, 3.8) is 0 Å². The Labute approximate surface area is 222 Å². The van der Waals surface area contributed by atoms with E-state index in [1.54, 1.807) is 12.1 Å².